The number of nitrogens with zero attached hydrogens (tertiary/aromatic N) is 1. The van der Waals surface area contributed by atoms with Crippen molar-refractivity contribution in [3.63, 3.8) is 0 Å². The van der Waals surface area contributed by atoms with Gasteiger partial charge in [-0.15, -0.1) is 0 Å². The fraction of sp³-hybridized carbons (Fsp3) is 0.136. The highest BCUT2D eigenvalue weighted by atomic mass is 16.2. The van der Waals surface area contributed by atoms with Crippen molar-refractivity contribution in [1.29, 1.82) is 0 Å². The molecule has 0 N–H and O–H groups in total. The van der Waals surface area contributed by atoms with E-state index in [0.717, 1.165) is 11.3 Å². The van der Waals surface area contributed by atoms with Crippen molar-refractivity contribution in [3.05, 3.63) is 102 Å². The Bertz CT molecular complexity index is 840. The smallest absolute Gasteiger partial charge is 0.237 e. The standard InChI is InChI=1S/C22H19NO/c1-16-12-14-17(15-13-16)20-21(18-8-4-2-5-9-18)23(22(20)24)19-10-6-3-7-11-19/h2-15,20-21H,1H3/t20-,21-/m1/s1. The zero-order valence-corrected chi connectivity index (χ0v) is 13.6. The van der Waals surface area contributed by atoms with Crippen molar-refractivity contribution in [2.24, 2.45) is 0 Å². The van der Waals surface area contributed by atoms with Gasteiger partial charge in [0.15, 0.2) is 0 Å². The molecule has 3 aromatic carbocycles. The minimum absolute atomic E-state index is 0.0452. The normalized spacial score (nSPS) is 19.9. The minimum Gasteiger partial charge on any atom is -0.303 e. The Labute approximate surface area is 142 Å². The Hall–Kier alpha value is -2.87. The van der Waals surface area contributed by atoms with Crippen LogP contribution in [0.5, 0.6) is 0 Å². The van der Waals surface area contributed by atoms with Crippen LogP contribution in [0.3, 0.4) is 0 Å². The summed E-state index contributed by atoms with van der Waals surface area (Å²) >= 11 is 0. The van der Waals surface area contributed by atoms with Crippen molar-refractivity contribution in [1.82, 2.24) is 0 Å². The van der Waals surface area contributed by atoms with E-state index >= 15 is 0 Å². The lowest BCUT2D eigenvalue weighted by atomic mass is 9.77. The van der Waals surface area contributed by atoms with E-state index in [1.165, 1.54) is 11.1 Å². The molecule has 1 aliphatic rings. The van der Waals surface area contributed by atoms with Gasteiger partial charge in [-0.05, 0) is 30.2 Å². The molecule has 24 heavy (non-hydrogen) atoms. The van der Waals surface area contributed by atoms with E-state index in [9.17, 15) is 4.79 Å². The third kappa shape index (κ3) is 2.41. The second kappa shape index (κ2) is 5.97. The Morgan fingerprint density at radius 2 is 1.29 bits per heavy atom. The number of amides is 1. The molecule has 0 saturated carbocycles. The number of para-hydroxylation sites is 1. The lowest BCUT2D eigenvalue weighted by Crippen LogP contribution is -2.53. The molecule has 1 aliphatic heterocycles. The molecule has 3 aromatic rings. The van der Waals surface area contributed by atoms with Crippen molar-refractivity contribution in [2.75, 3.05) is 4.90 Å². The Balaban J connectivity index is 1.77. The molecule has 0 radical (unpaired) electrons. The highest BCUT2D eigenvalue weighted by Crippen LogP contribution is 2.48. The lowest BCUT2D eigenvalue weighted by molar-refractivity contribution is -0.126. The van der Waals surface area contributed by atoms with Crippen LogP contribution >= 0.6 is 0 Å². The fourth-order valence-electron chi connectivity index (χ4n) is 3.46. The van der Waals surface area contributed by atoms with Gasteiger partial charge in [0.05, 0.1) is 12.0 Å². The molecule has 1 saturated heterocycles. The SMILES string of the molecule is Cc1ccc([C@H]2C(=O)N(c3ccccc3)[C@@H]2c2ccccc2)cc1. The monoisotopic (exact) mass is 313 g/mol. The van der Waals surface area contributed by atoms with Gasteiger partial charge in [-0.3, -0.25) is 4.79 Å². The van der Waals surface area contributed by atoms with Crippen molar-refractivity contribution in [3.8, 4) is 0 Å². The van der Waals surface area contributed by atoms with E-state index in [2.05, 4.69) is 43.3 Å². The number of anilines is 1. The van der Waals surface area contributed by atoms with Gasteiger partial charge < -0.3 is 4.90 Å². The second-order valence-electron chi connectivity index (χ2n) is 6.29. The zero-order chi connectivity index (χ0) is 16.5. The van der Waals surface area contributed by atoms with Gasteiger partial charge in [-0.2, -0.15) is 0 Å². The van der Waals surface area contributed by atoms with Crippen LogP contribution in [0.25, 0.3) is 0 Å². The quantitative estimate of drug-likeness (QED) is 0.632. The maximum absolute atomic E-state index is 13.0. The molecule has 1 heterocycles. The van der Waals surface area contributed by atoms with Crippen LogP contribution < -0.4 is 4.90 Å². The third-order valence-corrected chi connectivity index (χ3v) is 4.71. The van der Waals surface area contributed by atoms with E-state index < -0.39 is 0 Å². The predicted octanol–water partition coefficient (Wildman–Crippen LogP) is 4.87. The number of carbonyl (C=O) groups is 1. The van der Waals surface area contributed by atoms with E-state index in [1.54, 1.807) is 0 Å². The molecular formula is C22H19NO. The molecule has 2 nitrogen and oxygen atoms in total. The molecule has 1 fully saturated rings. The van der Waals surface area contributed by atoms with Crippen LogP contribution in [0.2, 0.25) is 0 Å². The van der Waals surface area contributed by atoms with Crippen LogP contribution in [-0.2, 0) is 4.79 Å². The molecular weight excluding hydrogens is 294 g/mol. The first-order valence-corrected chi connectivity index (χ1v) is 8.25. The first kappa shape index (κ1) is 14.7. The summed E-state index contributed by atoms with van der Waals surface area (Å²) < 4.78 is 0. The summed E-state index contributed by atoms with van der Waals surface area (Å²) in [6, 6.07) is 28.6. The number of carbonyl (C=O) groups excluding carboxylic acids is 1. The molecule has 118 valence electrons. The highest BCUT2D eigenvalue weighted by Gasteiger charge is 2.49. The van der Waals surface area contributed by atoms with Gasteiger partial charge in [-0.25, -0.2) is 0 Å². The zero-order valence-electron chi connectivity index (χ0n) is 13.6. The number of β-lactam (4-membered cyclic amide) rings is 1. The van der Waals surface area contributed by atoms with E-state index in [-0.39, 0.29) is 17.9 Å². The largest absolute Gasteiger partial charge is 0.303 e. The maximum atomic E-state index is 13.0. The lowest BCUT2D eigenvalue weighted by Gasteiger charge is -2.47. The Morgan fingerprint density at radius 1 is 0.708 bits per heavy atom. The molecule has 2 heteroatoms. The summed E-state index contributed by atoms with van der Waals surface area (Å²) in [4.78, 5) is 14.9. The third-order valence-electron chi connectivity index (χ3n) is 4.71. The number of aryl methyl sites for hydroxylation is 1. The molecule has 4 rings (SSSR count). The molecule has 0 aromatic heterocycles. The van der Waals surface area contributed by atoms with Crippen LogP contribution in [0, 0.1) is 6.92 Å². The van der Waals surface area contributed by atoms with Crippen LogP contribution in [0.1, 0.15) is 28.7 Å². The summed E-state index contributed by atoms with van der Waals surface area (Å²) in [5, 5.41) is 0. The maximum Gasteiger partial charge on any atom is 0.237 e. The van der Waals surface area contributed by atoms with Crippen molar-refractivity contribution >= 4 is 11.6 Å². The summed E-state index contributed by atoms with van der Waals surface area (Å²) in [6.07, 6.45) is 0. The van der Waals surface area contributed by atoms with Crippen LogP contribution in [0.4, 0.5) is 5.69 Å². The van der Waals surface area contributed by atoms with E-state index in [4.69, 9.17) is 0 Å². The second-order valence-corrected chi connectivity index (χ2v) is 6.29. The van der Waals surface area contributed by atoms with Gasteiger partial charge >= 0.3 is 0 Å². The number of hydrogen-bond acceptors (Lipinski definition) is 1. The fourth-order valence-corrected chi connectivity index (χ4v) is 3.46. The van der Waals surface area contributed by atoms with Crippen molar-refractivity contribution in [2.45, 2.75) is 18.9 Å². The van der Waals surface area contributed by atoms with Gasteiger partial charge in [0.2, 0.25) is 5.91 Å². The first-order chi connectivity index (χ1) is 11.8. The van der Waals surface area contributed by atoms with Crippen LogP contribution in [0.15, 0.2) is 84.9 Å². The topological polar surface area (TPSA) is 20.3 Å². The number of hydrogen-bond donors (Lipinski definition) is 0. The number of benzene rings is 3. The summed E-state index contributed by atoms with van der Waals surface area (Å²) in [5.74, 6) is 0.0483. The van der Waals surface area contributed by atoms with Gasteiger partial charge in [-0.1, -0.05) is 78.4 Å². The molecule has 0 spiro atoms. The molecule has 1 amide bonds. The molecule has 0 bridgehead atoms. The average molecular weight is 313 g/mol. The molecule has 0 unspecified atom stereocenters. The van der Waals surface area contributed by atoms with E-state index in [1.807, 2.05) is 53.4 Å². The highest BCUT2D eigenvalue weighted by molar-refractivity contribution is 6.06. The van der Waals surface area contributed by atoms with Gasteiger partial charge in [0.1, 0.15) is 0 Å². The first-order valence-electron chi connectivity index (χ1n) is 8.25. The van der Waals surface area contributed by atoms with Gasteiger partial charge in [0, 0.05) is 5.69 Å². The number of rotatable bonds is 3. The average Bonchev–Trinajstić information content (AvgIpc) is 2.63. The Kier molecular flexibility index (Phi) is 3.66. The summed E-state index contributed by atoms with van der Waals surface area (Å²) in [7, 11) is 0. The summed E-state index contributed by atoms with van der Waals surface area (Å²) in [5.41, 5.74) is 4.43. The van der Waals surface area contributed by atoms with Gasteiger partial charge in [0.25, 0.3) is 0 Å². The van der Waals surface area contributed by atoms with Crippen LogP contribution in [-0.4, -0.2) is 5.91 Å². The predicted molar refractivity (Wildman–Crippen MR) is 97.0 cm³/mol. The summed E-state index contributed by atoms with van der Waals surface area (Å²) in [6.45, 7) is 2.07. The van der Waals surface area contributed by atoms with Crippen molar-refractivity contribution < 1.29 is 4.79 Å². The Morgan fingerprint density at radius 3 is 1.92 bits per heavy atom. The minimum atomic E-state index is -0.117. The molecule has 0 aliphatic carbocycles. The van der Waals surface area contributed by atoms with E-state index in [0.29, 0.717) is 0 Å². The molecule has 2 atom stereocenters.